The number of hydrogen-bond donors (Lipinski definition) is 1. The number of sulfonamides is 1. The van der Waals surface area contributed by atoms with Gasteiger partial charge in [-0.05, 0) is 79.4 Å². The third-order valence-corrected chi connectivity index (χ3v) is 7.06. The summed E-state index contributed by atoms with van der Waals surface area (Å²) in [4.78, 5) is 16.7. The average Bonchev–Trinajstić information content (AvgIpc) is 3.66. The molecule has 1 aromatic heterocycles. The first-order valence-corrected chi connectivity index (χ1v) is 11.7. The van der Waals surface area contributed by atoms with Crippen molar-refractivity contribution in [3.8, 4) is 6.07 Å². The molecule has 1 saturated carbocycles. The predicted molar refractivity (Wildman–Crippen MR) is 120 cm³/mol. The molecule has 162 valence electrons. The lowest BCUT2D eigenvalue weighted by atomic mass is 10.2. The summed E-state index contributed by atoms with van der Waals surface area (Å²) in [6.45, 7) is 0.690. The molecule has 1 amide bonds. The molecule has 32 heavy (non-hydrogen) atoms. The minimum absolute atomic E-state index is 0.0242. The van der Waals surface area contributed by atoms with Crippen LogP contribution in [0.25, 0.3) is 0 Å². The van der Waals surface area contributed by atoms with Crippen molar-refractivity contribution in [1.82, 2.24) is 10.3 Å². The van der Waals surface area contributed by atoms with Gasteiger partial charge in [0.15, 0.2) is 0 Å². The molecular weight excluding hydrogens is 424 g/mol. The fraction of sp³-hybridized carbons (Fsp3) is 0.208. The van der Waals surface area contributed by atoms with Crippen LogP contribution in [0.2, 0.25) is 0 Å². The first-order chi connectivity index (χ1) is 15.5. The van der Waals surface area contributed by atoms with E-state index < -0.39 is 10.0 Å². The number of carbonyl (C=O) groups excluding carboxylic acids is 1. The summed E-state index contributed by atoms with van der Waals surface area (Å²) in [6.07, 6.45) is 3.90. The molecule has 0 saturated heterocycles. The lowest BCUT2D eigenvalue weighted by molar-refractivity contribution is 0.0952. The Morgan fingerprint density at radius 3 is 2.38 bits per heavy atom. The summed E-state index contributed by atoms with van der Waals surface area (Å²) in [5.74, 6) is 0.402. The zero-order chi connectivity index (χ0) is 22.6. The number of carbonyl (C=O) groups is 1. The van der Waals surface area contributed by atoms with Gasteiger partial charge in [-0.1, -0.05) is 6.07 Å². The van der Waals surface area contributed by atoms with E-state index in [-0.39, 0.29) is 17.3 Å². The van der Waals surface area contributed by atoms with Crippen molar-refractivity contribution in [1.29, 1.82) is 5.26 Å². The molecule has 0 radical (unpaired) electrons. The molecule has 1 aliphatic carbocycles. The van der Waals surface area contributed by atoms with Gasteiger partial charge in [-0.3, -0.25) is 14.1 Å². The fourth-order valence-corrected chi connectivity index (χ4v) is 4.66. The molecule has 0 bridgehead atoms. The van der Waals surface area contributed by atoms with Crippen LogP contribution < -0.4 is 9.62 Å². The number of benzene rings is 2. The van der Waals surface area contributed by atoms with Gasteiger partial charge in [0.25, 0.3) is 15.9 Å². The predicted octanol–water partition coefficient (Wildman–Crippen LogP) is 3.49. The molecule has 0 unspecified atom stereocenters. The van der Waals surface area contributed by atoms with Crippen LogP contribution in [0.3, 0.4) is 0 Å². The Bertz CT molecular complexity index is 1230. The van der Waals surface area contributed by atoms with E-state index in [0.29, 0.717) is 35.0 Å². The highest BCUT2D eigenvalue weighted by atomic mass is 32.2. The van der Waals surface area contributed by atoms with Crippen LogP contribution in [0, 0.1) is 17.2 Å². The molecule has 2 aromatic carbocycles. The number of rotatable bonds is 8. The third-order valence-electron chi connectivity index (χ3n) is 5.27. The molecule has 4 rings (SSSR count). The van der Waals surface area contributed by atoms with Crippen molar-refractivity contribution in [3.05, 3.63) is 89.7 Å². The SMILES string of the molecule is N#Cc1ccc(S(=O)(=O)N(Cc2ccccn2)c2ccc(C(=O)NCC3CC3)cc2)cc1. The maximum absolute atomic E-state index is 13.5. The molecule has 3 aromatic rings. The van der Waals surface area contributed by atoms with Crippen LogP contribution in [0.1, 0.15) is 34.5 Å². The number of aromatic nitrogens is 1. The van der Waals surface area contributed by atoms with E-state index in [9.17, 15) is 13.2 Å². The molecule has 0 aliphatic heterocycles. The number of hydrogen-bond acceptors (Lipinski definition) is 5. The topological polar surface area (TPSA) is 103 Å². The Balaban J connectivity index is 1.64. The summed E-state index contributed by atoms with van der Waals surface area (Å²) >= 11 is 0. The summed E-state index contributed by atoms with van der Waals surface area (Å²) in [5, 5.41) is 11.9. The van der Waals surface area contributed by atoms with E-state index in [1.54, 1.807) is 48.7 Å². The zero-order valence-electron chi connectivity index (χ0n) is 17.3. The van der Waals surface area contributed by atoms with E-state index in [1.165, 1.54) is 28.6 Å². The Labute approximate surface area is 187 Å². The number of nitrogens with one attached hydrogen (secondary N) is 1. The van der Waals surface area contributed by atoms with Crippen LogP contribution in [0.15, 0.2) is 77.8 Å². The molecular formula is C24H22N4O3S. The molecule has 8 heteroatoms. The van der Waals surface area contributed by atoms with Gasteiger partial charge in [0.1, 0.15) is 0 Å². The summed E-state index contributed by atoms with van der Waals surface area (Å²) < 4.78 is 28.2. The Hall–Kier alpha value is -3.70. The lowest BCUT2D eigenvalue weighted by Crippen LogP contribution is -2.31. The minimum Gasteiger partial charge on any atom is -0.352 e. The smallest absolute Gasteiger partial charge is 0.264 e. The van der Waals surface area contributed by atoms with Gasteiger partial charge in [0.05, 0.1) is 34.5 Å². The summed E-state index contributed by atoms with van der Waals surface area (Å²) in [5.41, 5.74) is 1.85. The van der Waals surface area contributed by atoms with Crippen LogP contribution in [-0.2, 0) is 16.6 Å². The second-order valence-electron chi connectivity index (χ2n) is 7.67. The van der Waals surface area contributed by atoms with Crippen LogP contribution in [0.4, 0.5) is 5.69 Å². The highest BCUT2D eigenvalue weighted by Crippen LogP contribution is 2.28. The van der Waals surface area contributed by atoms with Crippen molar-refractivity contribution >= 4 is 21.6 Å². The Kier molecular flexibility index (Phi) is 6.19. The fourth-order valence-electron chi connectivity index (χ4n) is 3.22. The monoisotopic (exact) mass is 446 g/mol. The van der Waals surface area contributed by atoms with Crippen LogP contribution in [0.5, 0.6) is 0 Å². The van der Waals surface area contributed by atoms with E-state index >= 15 is 0 Å². The van der Waals surface area contributed by atoms with E-state index in [2.05, 4.69) is 10.3 Å². The van der Waals surface area contributed by atoms with Crippen molar-refractivity contribution in [2.75, 3.05) is 10.8 Å². The highest BCUT2D eigenvalue weighted by molar-refractivity contribution is 7.92. The lowest BCUT2D eigenvalue weighted by Gasteiger charge is -2.24. The highest BCUT2D eigenvalue weighted by Gasteiger charge is 2.26. The Morgan fingerprint density at radius 2 is 1.78 bits per heavy atom. The third kappa shape index (κ3) is 4.95. The standard InChI is InChI=1S/C24H22N4O3S/c25-15-18-6-12-23(13-7-18)32(30,31)28(17-21-3-1-2-14-26-21)22-10-8-20(9-11-22)24(29)27-16-19-4-5-19/h1-3,6-14,19H,4-5,16-17H2,(H,27,29). The molecule has 1 aliphatic rings. The van der Waals surface area contributed by atoms with Crippen LogP contribution in [-0.4, -0.2) is 25.9 Å². The van der Waals surface area contributed by atoms with Gasteiger partial charge in [-0.25, -0.2) is 8.42 Å². The first kappa shape index (κ1) is 21.5. The van der Waals surface area contributed by atoms with Gasteiger partial charge in [0, 0.05) is 18.3 Å². The molecule has 0 atom stereocenters. The molecule has 1 fully saturated rings. The van der Waals surface area contributed by atoms with Crippen molar-refractivity contribution in [3.63, 3.8) is 0 Å². The normalized spacial score (nSPS) is 13.2. The Morgan fingerprint density at radius 1 is 1.06 bits per heavy atom. The average molecular weight is 447 g/mol. The van der Waals surface area contributed by atoms with E-state index in [0.717, 1.165) is 12.8 Å². The summed E-state index contributed by atoms with van der Waals surface area (Å²) in [7, 11) is -3.94. The van der Waals surface area contributed by atoms with Crippen molar-refractivity contribution in [2.24, 2.45) is 5.92 Å². The van der Waals surface area contributed by atoms with E-state index in [4.69, 9.17) is 5.26 Å². The number of nitrogens with zero attached hydrogens (tertiary/aromatic N) is 3. The van der Waals surface area contributed by atoms with Crippen molar-refractivity contribution in [2.45, 2.75) is 24.3 Å². The second-order valence-corrected chi connectivity index (χ2v) is 9.53. The molecule has 7 nitrogen and oxygen atoms in total. The van der Waals surface area contributed by atoms with Gasteiger partial charge < -0.3 is 5.32 Å². The largest absolute Gasteiger partial charge is 0.352 e. The van der Waals surface area contributed by atoms with Gasteiger partial charge in [0.2, 0.25) is 0 Å². The number of nitriles is 1. The quantitative estimate of drug-likeness (QED) is 0.571. The number of amides is 1. The molecule has 0 spiro atoms. The van der Waals surface area contributed by atoms with Gasteiger partial charge in [-0.2, -0.15) is 5.26 Å². The number of pyridine rings is 1. The molecule has 1 N–H and O–H groups in total. The van der Waals surface area contributed by atoms with Crippen molar-refractivity contribution < 1.29 is 13.2 Å². The summed E-state index contributed by atoms with van der Waals surface area (Å²) in [6, 6.07) is 19.6. The van der Waals surface area contributed by atoms with Crippen LogP contribution >= 0.6 is 0 Å². The van der Waals surface area contributed by atoms with Gasteiger partial charge in [-0.15, -0.1) is 0 Å². The maximum atomic E-state index is 13.5. The molecule has 1 heterocycles. The second kappa shape index (κ2) is 9.20. The first-order valence-electron chi connectivity index (χ1n) is 10.3. The minimum atomic E-state index is -3.94. The zero-order valence-corrected chi connectivity index (χ0v) is 18.1. The number of anilines is 1. The van der Waals surface area contributed by atoms with E-state index in [1.807, 2.05) is 6.07 Å². The maximum Gasteiger partial charge on any atom is 0.264 e. The van der Waals surface area contributed by atoms with Gasteiger partial charge >= 0.3 is 0 Å².